The summed E-state index contributed by atoms with van der Waals surface area (Å²) in [6, 6.07) is 5.11. The van der Waals surface area contributed by atoms with E-state index in [0.29, 0.717) is 42.4 Å². The molecule has 11 heteroatoms. The summed E-state index contributed by atoms with van der Waals surface area (Å²) in [6.07, 6.45) is 0.751. The highest BCUT2D eigenvalue weighted by Gasteiger charge is 2.29. The molecule has 1 fully saturated rings. The number of fused-ring (bicyclic) bond motifs is 1. The van der Waals surface area contributed by atoms with E-state index in [9.17, 15) is 8.42 Å². The van der Waals surface area contributed by atoms with Crippen molar-refractivity contribution in [3.05, 3.63) is 34.6 Å². The second kappa shape index (κ2) is 7.68. The molecule has 0 unspecified atom stereocenters. The van der Waals surface area contributed by atoms with E-state index in [1.165, 1.54) is 0 Å². The first-order chi connectivity index (χ1) is 13.4. The average Bonchev–Trinajstić information content (AvgIpc) is 3.13. The van der Waals surface area contributed by atoms with Gasteiger partial charge in [-0.05, 0) is 32.0 Å². The van der Waals surface area contributed by atoms with E-state index >= 15 is 0 Å². The van der Waals surface area contributed by atoms with Crippen LogP contribution in [0.5, 0.6) is 0 Å². The van der Waals surface area contributed by atoms with Gasteiger partial charge in [0.05, 0.1) is 17.4 Å². The molecule has 1 aromatic carbocycles. The first-order valence-electron chi connectivity index (χ1n) is 8.99. The lowest BCUT2D eigenvalue weighted by Gasteiger charge is -2.22. The molecule has 0 N–H and O–H groups in total. The largest absolute Gasteiger partial charge is 0.298 e. The van der Waals surface area contributed by atoms with Crippen LogP contribution in [0, 0.1) is 6.92 Å². The summed E-state index contributed by atoms with van der Waals surface area (Å²) in [5.74, 6) is 0. The van der Waals surface area contributed by atoms with Gasteiger partial charge in [0.15, 0.2) is 0 Å². The van der Waals surface area contributed by atoms with Crippen LogP contribution in [-0.2, 0) is 23.6 Å². The molecule has 1 aliphatic heterocycles. The summed E-state index contributed by atoms with van der Waals surface area (Å²) in [4.78, 5) is 2.47. The van der Waals surface area contributed by atoms with Crippen LogP contribution >= 0.6 is 23.3 Å². The van der Waals surface area contributed by atoms with E-state index in [-0.39, 0.29) is 4.90 Å². The fourth-order valence-electron chi connectivity index (χ4n) is 3.55. The number of halogens is 1. The molecule has 0 aliphatic carbocycles. The first kappa shape index (κ1) is 19.7. The highest BCUT2D eigenvalue weighted by atomic mass is 35.5. The molecule has 3 heterocycles. The van der Waals surface area contributed by atoms with Gasteiger partial charge in [-0.15, -0.1) is 0 Å². The molecule has 0 bridgehead atoms. The van der Waals surface area contributed by atoms with Crippen LogP contribution in [0.4, 0.5) is 0 Å². The van der Waals surface area contributed by atoms with Gasteiger partial charge in [0, 0.05) is 38.8 Å². The summed E-state index contributed by atoms with van der Waals surface area (Å²) in [5.41, 5.74) is 2.97. The van der Waals surface area contributed by atoms with Gasteiger partial charge in [0.1, 0.15) is 21.1 Å². The number of rotatable bonds is 4. The standard InChI is InChI=1S/C17H21ClN6O2S2/c1-12-13(17(18)22(2)19-12)11-23-7-4-8-24(10-9-23)28(25,26)15-6-3-5-14-16(15)21-27-20-14/h3,5-6H,4,7-11H2,1-2H3. The maximum Gasteiger partial charge on any atom is 0.245 e. The molecule has 0 atom stereocenters. The van der Waals surface area contributed by atoms with Gasteiger partial charge in [-0.3, -0.25) is 9.58 Å². The Labute approximate surface area is 173 Å². The fourth-order valence-corrected chi connectivity index (χ4v) is 6.01. The topological polar surface area (TPSA) is 84.2 Å². The Kier molecular flexibility index (Phi) is 5.41. The molecular weight excluding hydrogens is 420 g/mol. The van der Waals surface area contributed by atoms with E-state index in [1.54, 1.807) is 27.2 Å². The maximum atomic E-state index is 13.2. The van der Waals surface area contributed by atoms with Gasteiger partial charge in [-0.25, -0.2) is 8.42 Å². The SMILES string of the molecule is Cc1nn(C)c(Cl)c1CN1CCCN(S(=O)(=O)c2cccc3nsnc23)CC1. The van der Waals surface area contributed by atoms with Crippen LogP contribution < -0.4 is 0 Å². The van der Waals surface area contributed by atoms with Crippen molar-refractivity contribution >= 4 is 44.4 Å². The van der Waals surface area contributed by atoms with Crippen LogP contribution in [0.1, 0.15) is 17.7 Å². The molecule has 4 rings (SSSR count). The number of aromatic nitrogens is 4. The van der Waals surface area contributed by atoms with E-state index in [0.717, 1.165) is 36.0 Å². The molecule has 8 nitrogen and oxygen atoms in total. The first-order valence-corrected chi connectivity index (χ1v) is 11.5. The highest BCUT2D eigenvalue weighted by molar-refractivity contribution is 7.89. The zero-order chi connectivity index (χ0) is 19.9. The number of hydrogen-bond acceptors (Lipinski definition) is 7. The Balaban J connectivity index is 1.53. The minimum Gasteiger partial charge on any atom is -0.298 e. The lowest BCUT2D eigenvalue weighted by atomic mass is 10.2. The molecule has 0 radical (unpaired) electrons. The molecule has 0 amide bonds. The molecule has 28 heavy (non-hydrogen) atoms. The number of aryl methyl sites for hydroxylation is 2. The predicted octanol–water partition coefficient (Wildman–Crippen LogP) is 2.28. The van der Waals surface area contributed by atoms with Gasteiger partial charge in [0.25, 0.3) is 0 Å². The molecular formula is C17H21ClN6O2S2. The second-order valence-corrected chi connectivity index (χ2v) is 9.69. The highest BCUT2D eigenvalue weighted by Crippen LogP contribution is 2.26. The Morgan fingerprint density at radius 3 is 2.75 bits per heavy atom. The van der Waals surface area contributed by atoms with E-state index < -0.39 is 10.0 Å². The van der Waals surface area contributed by atoms with Gasteiger partial charge >= 0.3 is 0 Å². The Hall–Kier alpha value is -1.59. The Morgan fingerprint density at radius 2 is 2.00 bits per heavy atom. The van der Waals surface area contributed by atoms with Crippen molar-refractivity contribution in [3.63, 3.8) is 0 Å². The molecule has 0 spiro atoms. The van der Waals surface area contributed by atoms with Crippen LogP contribution in [-0.4, -0.2) is 62.3 Å². The van der Waals surface area contributed by atoms with Crippen LogP contribution in [0.2, 0.25) is 5.15 Å². The van der Waals surface area contributed by atoms with E-state index in [4.69, 9.17) is 11.6 Å². The number of benzene rings is 1. The summed E-state index contributed by atoms with van der Waals surface area (Å²) >= 11 is 7.38. The fraction of sp³-hybridized carbons (Fsp3) is 0.471. The van der Waals surface area contributed by atoms with Crippen molar-refractivity contribution in [1.29, 1.82) is 0 Å². The van der Waals surface area contributed by atoms with Crippen LogP contribution in [0.25, 0.3) is 11.0 Å². The smallest absolute Gasteiger partial charge is 0.245 e. The monoisotopic (exact) mass is 440 g/mol. The van der Waals surface area contributed by atoms with Gasteiger partial charge in [-0.2, -0.15) is 18.2 Å². The number of hydrogen-bond donors (Lipinski definition) is 0. The Bertz CT molecular complexity index is 1110. The van der Waals surface area contributed by atoms with Crippen molar-refractivity contribution in [2.45, 2.75) is 24.8 Å². The third kappa shape index (κ3) is 3.55. The molecule has 3 aromatic rings. The van der Waals surface area contributed by atoms with Crippen molar-refractivity contribution in [2.75, 3.05) is 26.2 Å². The minimum absolute atomic E-state index is 0.235. The van der Waals surface area contributed by atoms with Crippen molar-refractivity contribution in [1.82, 2.24) is 27.7 Å². The van der Waals surface area contributed by atoms with Crippen molar-refractivity contribution in [2.24, 2.45) is 7.05 Å². The number of sulfonamides is 1. The van der Waals surface area contributed by atoms with Gasteiger partial charge < -0.3 is 0 Å². The van der Waals surface area contributed by atoms with E-state index in [1.807, 2.05) is 14.0 Å². The summed E-state index contributed by atoms with van der Waals surface area (Å²) < 4.78 is 38.0. The third-order valence-corrected chi connectivity index (χ3v) is 8.01. The summed E-state index contributed by atoms with van der Waals surface area (Å²) in [7, 11) is -1.80. The molecule has 0 saturated carbocycles. The zero-order valence-electron chi connectivity index (χ0n) is 15.7. The maximum absolute atomic E-state index is 13.2. The lowest BCUT2D eigenvalue weighted by molar-refractivity contribution is 0.278. The zero-order valence-corrected chi connectivity index (χ0v) is 18.1. The molecule has 1 saturated heterocycles. The Morgan fingerprint density at radius 1 is 1.18 bits per heavy atom. The van der Waals surface area contributed by atoms with E-state index in [2.05, 4.69) is 18.7 Å². The van der Waals surface area contributed by atoms with Gasteiger partial charge in [-0.1, -0.05) is 17.7 Å². The van der Waals surface area contributed by atoms with Gasteiger partial charge in [0.2, 0.25) is 10.0 Å². The van der Waals surface area contributed by atoms with Crippen LogP contribution in [0.3, 0.4) is 0 Å². The summed E-state index contributed by atoms with van der Waals surface area (Å²) in [5, 5.41) is 4.99. The third-order valence-electron chi connectivity index (χ3n) is 5.07. The molecule has 150 valence electrons. The van der Waals surface area contributed by atoms with Crippen LogP contribution in [0.15, 0.2) is 23.1 Å². The number of nitrogens with zero attached hydrogens (tertiary/aromatic N) is 6. The second-order valence-electron chi connectivity index (χ2n) is 6.90. The quantitative estimate of drug-likeness (QED) is 0.618. The lowest BCUT2D eigenvalue weighted by Crippen LogP contribution is -2.35. The summed E-state index contributed by atoms with van der Waals surface area (Å²) in [6.45, 7) is 4.95. The minimum atomic E-state index is -3.62. The van der Waals surface area contributed by atoms with Crippen molar-refractivity contribution in [3.8, 4) is 0 Å². The molecule has 2 aromatic heterocycles. The average molecular weight is 441 g/mol. The normalized spacial score (nSPS) is 17.2. The predicted molar refractivity (Wildman–Crippen MR) is 109 cm³/mol. The molecule has 1 aliphatic rings. The van der Waals surface area contributed by atoms with Crippen molar-refractivity contribution < 1.29 is 8.42 Å².